The Morgan fingerprint density at radius 1 is 1.12 bits per heavy atom. The molecule has 226 valence electrons. The van der Waals surface area contributed by atoms with Gasteiger partial charge in [-0.25, -0.2) is 31.4 Å². The highest BCUT2D eigenvalue weighted by Gasteiger charge is 2.42. The van der Waals surface area contributed by atoms with E-state index in [-0.39, 0.29) is 24.2 Å². The molecule has 1 atom stereocenters. The van der Waals surface area contributed by atoms with Crippen LogP contribution in [0.15, 0.2) is 59.6 Å². The number of carboxylic acids is 1. The molecule has 0 aliphatic carbocycles. The lowest BCUT2D eigenvalue weighted by Crippen LogP contribution is -2.41. The standard InChI is InChI=1S/C27H25F6N3O5S/c1-26(29,30)10-9-19-14-36(18-7-5-17(28)6-8-18)21-12-20(27(31,32)33)22(13-23(21)42(39,40)35(19)2)41-15-16-4-3-11-34-24(16)25(37)38/h3-8,11-13,19H,9-10,14-15H2,1-2H3,(H,37,38)/t19-/m1/s1. The number of pyridine rings is 1. The van der Waals surface area contributed by atoms with Gasteiger partial charge in [-0.3, -0.25) is 0 Å². The van der Waals surface area contributed by atoms with E-state index in [1.54, 1.807) is 0 Å². The lowest BCUT2D eigenvalue weighted by molar-refractivity contribution is -0.139. The highest BCUT2D eigenvalue weighted by molar-refractivity contribution is 7.89. The van der Waals surface area contributed by atoms with Gasteiger partial charge in [-0.15, -0.1) is 0 Å². The van der Waals surface area contributed by atoms with E-state index >= 15 is 0 Å². The molecule has 1 N–H and O–H groups in total. The molecule has 1 aromatic heterocycles. The first-order valence-electron chi connectivity index (χ1n) is 12.4. The van der Waals surface area contributed by atoms with Crippen LogP contribution < -0.4 is 9.64 Å². The van der Waals surface area contributed by atoms with Crippen molar-refractivity contribution in [2.24, 2.45) is 0 Å². The van der Waals surface area contributed by atoms with Crippen molar-refractivity contribution in [3.63, 3.8) is 0 Å². The Hall–Kier alpha value is -3.85. The van der Waals surface area contributed by atoms with E-state index in [2.05, 4.69) is 4.98 Å². The number of aromatic nitrogens is 1. The number of fused-ring (bicyclic) bond motifs is 1. The van der Waals surface area contributed by atoms with Crippen molar-refractivity contribution in [3.8, 4) is 5.75 Å². The molecule has 0 saturated carbocycles. The Morgan fingerprint density at radius 2 is 1.79 bits per heavy atom. The van der Waals surface area contributed by atoms with E-state index < -0.39 is 80.6 Å². The molecule has 15 heteroatoms. The van der Waals surface area contributed by atoms with Crippen LogP contribution in [0.5, 0.6) is 5.75 Å². The van der Waals surface area contributed by atoms with Gasteiger partial charge in [0.05, 0.1) is 11.3 Å². The number of carbonyl (C=O) groups is 1. The van der Waals surface area contributed by atoms with Crippen molar-refractivity contribution in [2.75, 3.05) is 18.5 Å². The van der Waals surface area contributed by atoms with Gasteiger partial charge in [-0.2, -0.15) is 17.5 Å². The summed E-state index contributed by atoms with van der Waals surface area (Å²) in [6, 6.07) is 7.30. The second-order valence-corrected chi connectivity index (χ2v) is 11.8. The normalized spacial score (nSPS) is 17.4. The fourth-order valence-corrected chi connectivity index (χ4v) is 6.11. The first kappa shape index (κ1) is 31.1. The number of rotatable bonds is 8. The van der Waals surface area contributed by atoms with Crippen LogP contribution in [0.4, 0.5) is 37.7 Å². The highest BCUT2D eigenvalue weighted by atomic mass is 32.2. The zero-order chi connectivity index (χ0) is 31.0. The number of hydrogen-bond donors (Lipinski definition) is 1. The Labute approximate surface area is 237 Å². The molecule has 1 aliphatic heterocycles. The van der Waals surface area contributed by atoms with E-state index in [9.17, 15) is 44.7 Å². The SMILES string of the molecule is CN1[C@H](CCC(C)(F)F)CN(c2ccc(F)cc2)c2cc(C(F)(F)F)c(OCc3cccnc3C(=O)O)cc2S1(=O)=O. The molecule has 0 radical (unpaired) electrons. The van der Waals surface area contributed by atoms with Crippen LogP contribution in [-0.2, 0) is 22.8 Å². The van der Waals surface area contributed by atoms with E-state index in [4.69, 9.17) is 4.74 Å². The quantitative estimate of drug-likeness (QED) is 0.305. The fourth-order valence-electron chi connectivity index (χ4n) is 4.55. The number of likely N-dealkylation sites (N-methyl/N-ethyl adjacent to an activating group) is 1. The van der Waals surface area contributed by atoms with Crippen molar-refractivity contribution < 1.29 is 49.4 Å². The number of aromatic carboxylic acids is 1. The third kappa shape index (κ3) is 6.62. The number of alkyl halides is 5. The van der Waals surface area contributed by atoms with Crippen LogP contribution >= 0.6 is 0 Å². The third-order valence-corrected chi connectivity index (χ3v) is 8.69. The lowest BCUT2D eigenvalue weighted by atomic mass is 10.1. The molecule has 0 amide bonds. The maximum absolute atomic E-state index is 14.3. The molecular formula is C27H25F6N3O5S. The monoisotopic (exact) mass is 617 g/mol. The molecule has 42 heavy (non-hydrogen) atoms. The second-order valence-electron chi connectivity index (χ2n) is 9.79. The summed E-state index contributed by atoms with van der Waals surface area (Å²) in [4.78, 5) is 15.8. The second kappa shape index (κ2) is 11.4. The minimum Gasteiger partial charge on any atom is -0.488 e. The Morgan fingerprint density at radius 3 is 2.38 bits per heavy atom. The summed E-state index contributed by atoms with van der Waals surface area (Å²) in [5, 5.41) is 9.35. The van der Waals surface area contributed by atoms with Crippen LogP contribution in [0, 0.1) is 5.82 Å². The van der Waals surface area contributed by atoms with E-state index in [1.165, 1.54) is 35.4 Å². The molecule has 0 bridgehead atoms. The first-order chi connectivity index (χ1) is 19.5. The molecule has 0 unspecified atom stereocenters. The molecule has 2 heterocycles. The van der Waals surface area contributed by atoms with Crippen molar-refractivity contribution in [2.45, 2.75) is 49.4 Å². The van der Waals surface area contributed by atoms with Crippen molar-refractivity contribution in [1.29, 1.82) is 0 Å². The lowest BCUT2D eigenvalue weighted by Gasteiger charge is -2.30. The highest BCUT2D eigenvalue weighted by Crippen LogP contribution is 2.46. The molecule has 1 aliphatic rings. The van der Waals surface area contributed by atoms with Gasteiger partial charge in [0.15, 0.2) is 5.69 Å². The molecule has 4 rings (SSSR count). The van der Waals surface area contributed by atoms with Crippen molar-refractivity contribution in [3.05, 3.63) is 77.4 Å². The Bertz CT molecular complexity index is 1580. The van der Waals surface area contributed by atoms with Gasteiger partial charge in [0.25, 0.3) is 0 Å². The van der Waals surface area contributed by atoms with Gasteiger partial charge >= 0.3 is 12.1 Å². The summed E-state index contributed by atoms with van der Waals surface area (Å²) in [6.45, 7) is -0.343. The van der Waals surface area contributed by atoms with Crippen molar-refractivity contribution in [1.82, 2.24) is 9.29 Å². The van der Waals surface area contributed by atoms with E-state index in [1.807, 2.05) is 0 Å². The summed E-state index contributed by atoms with van der Waals surface area (Å²) < 4.78 is 118. The zero-order valence-electron chi connectivity index (χ0n) is 22.2. The third-order valence-electron chi connectivity index (χ3n) is 6.75. The largest absolute Gasteiger partial charge is 0.488 e. The van der Waals surface area contributed by atoms with Crippen LogP contribution in [0.25, 0.3) is 0 Å². The van der Waals surface area contributed by atoms with Gasteiger partial charge in [0, 0.05) is 49.6 Å². The van der Waals surface area contributed by atoms with E-state index in [0.29, 0.717) is 19.1 Å². The van der Waals surface area contributed by atoms with Crippen LogP contribution in [0.3, 0.4) is 0 Å². The smallest absolute Gasteiger partial charge is 0.420 e. The molecule has 0 fully saturated rings. The number of nitrogens with zero attached hydrogens (tertiary/aromatic N) is 3. The average molecular weight is 618 g/mol. The zero-order valence-corrected chi connectivity index (χ0v) is 23.0. The van der Waals surface area contributed by atoms with Gasteiger partial charge in [0.2, 0.25) is 15.9 Å². The van der Waals surface area contributed by atoms with E-state index in [0.717, 1.165) is 23.5 Å². The van der Waals surface area contributed by atoms with Gasteiger partial charge in [0.1, 0.15) is 23.1 Å². The number of carboxylic acid groups (broad SMARTS) is 1. The van der Waals surface area contributed by atoms with Gasteiger partial charge < -0.3 is 14.7 Å². The predicted octanol–water partition coefficient (Wildman–Crippen LogP) is 6.09. The topological polar surface area (TPSA) is 100 Å². The molecular weight excluding hydrogens is 592 g/mol. The van der Waals surface area contributed by atoms with Crippen LogP contribution in [0.2, 0.25) is 0 Å². The first-order valence-corrected chi connectivity index (χ1v) is 13.9. The van der Waals surface area contributed by atoms with Gasteiger partial charge in [-0.05, 0) is 49.7 Å². The molecule has 8 nitrogen and oxygen atoms in total. The Kier molecular flexibility index (Phi) is 8.47. The van der Waals surface area contributed by atoms with Crippen LogP contribution in [-0.4, -0.2) is 54.3 Å². The average Bonchev–Trinajstić information content (AvgIpc) is 2.98. The summed E-state index contributed by atoms with van der Waals surface area (Å²) in [5.74, 6) is -6.15. The minimum absolute atomic E-state index is 0.0680. The molecule has 2 aromatic carbocycles. The minimum atomic E-state index is -5.06. The number of anilines is 2. The summed E-state index contributed by atoms with van der Waals surface area (Å²) >= 11 is 0. The summed E-state index contributed by atoms with van der Waals surface area (Å²) in [6.07, 6.45) is -4.92. The van der Waals surface area contributed by atoms with Crippen molar-refractivity contribution >= 4 is 27.4 Å². The molecule has 0 saturated heterocycles. The number of hydrogen-bond acceptors (Lipinski definition) is 6. The fraction of sp³-hybridized carbons (Fsp3) is 0.333. The number of halogens is 6. The van der Waals surface area contributed by atoms with Crippen LogP contribution in [0.1, 0.15) is 41.4 Å². The number of ether oxygens (including phenoxy) is 1. The number of sulfonamides is 1. The maximum Gasteiger partial charge on any atom is 0.420 e. The summed E-state index contributed by atoms with van der Waals surface area (Å²) in [5.41, 5.74) is -2.20. The molecule has 0 spiro atoms. The number of benzene rings is 2. The Balaban J connectivity index is 1.89. The van der Waals surface area contributed by atoms with Gasteiger partial charge in [-0.1, -0.05) is 6.07 Å². The summed E-state index contributed by atoms with van der Waals surface area (Å²) in [7, 11) is -3.46. The predicted molar refractivity (Wildman–Crippen MR) is 139 cm³/mol. The maximum atomic E-state index is 14.3. The molecule has 3 aromatic rings.